The van der Waals surface area contributed by atoms with Crippen LogP contribution in [-0.2, 0) is 6.42 Å². The number of rotatable bonds is 5. The molecule has 1 aliphatic carbocycles. The number of methoxy groups -OCH3 is 2. The molecule has 0 saturated heterocycles. The van der Waals surface area contributed by atoms with Crippen LogP contribution in [0.4, 0.5) is 0 Å². The van der Waals surface area contributed by atoms with Crippen molar-refractivity contribution in [2.24, 2.45) is 16.7 Å². The monoisotopic (exact) mass is 278 g/mol. The van der Waals surface area contributed by atoms with Gasteiger partial charge in [0, 0.05) is 0 Å². The molecule has 1 atom stereocenters. The Kier molecular flexibility index (Phi) is 3.76. The first kappa shape index (κ1) is 15.2. The van der Waals surface area contributed by atoms with Crippen LogP contribution in [0.2, 0.25) is 0 Å². The molecule has 1 N–H and O–H groups in total. The van der Waals surface area contributed by atoms with Crippen molar-refractivity contribution in [3.8, 4) is 11.5 Å². The minimum absolute atomic E-state index is 0.197. The summed E-state index contributed by atoms with van der Waals surface area (Å²) in [6, 6.07) is 5.83. The zero-order valence-electron chi connectivity index (χ0n) is 13.4. The smallest absolute Gasteiger partial charge is 0.160 e. The van der Waals surface area contributed by atoms with Gasteiger partial charge in [-0.2, -0.15) is 0 Å². The highest BCUT2D eigenvalue weighted by atomic mass is 16.5. The van der Waals surface area contributed by atoms with Crippen molar-refractivity contribution in [3.05, 3.63) is 23.8 Å². The zero-order valence-corrected chi connectivity index (χ0v) is 13.4. The van der Waals surface area contributed by atoms with Crippen molar-refractivity contribution in [2.75, 3.05) is 14.2 Å². The summed E-state index contributed by atoms with van der Waals surface area (Å²) in [6.45, 7) is 8.93. The Morgan fingerprint density at radius 1 is 1.05 bits per heavy atom. The van der Waals surface area contributed by atoms with Crippen molar-refractivity contribution in [2.45, 2.75) is 40.2 Å². The van der Waals surface area contributed by atoms with Gasteiger partial charge in [0.15, 0.2) is 11.5 Å². The van der Waals surface area contributed by atoms with Gasteiger partial charge in [-0.15, -0.1) is 0 Å². The minimum Gasteiger partial charge on any atom is -0.493 e. The topological polar surface area (TPSA) is 38.7 Å². The van der Waals surface area contributed by atoms with E-state index in [-0.39, 0.29) is 16.9 Å². The van der Waals surface area contributed by atoms with Crippen LogP contribution < -0.4 is 9.47 Å². The standard InChI is InChI=1S/C17H26O3/c1-16(2)15(17(16,3)4)12(18)9-11-7-8-13(19-5)14(10-11)20-6/h7-8,10,12,15,18H,9H2,1-6H3. The third-order valence-electron chi connectivity index (χ3n) is 5.41. The molecule has 112 valence electrons. The van der Waals surface area contributed by atoms with Gasteiger partial charge in [0.25, 0.3) is 0 Å². The van der Waals surface area contributed by atoms with Gasteiger partial charge in [0.2, 0.25) is 0 Å². The summed E-state index contributed by atoms with van der Waals surface area (Å²) in [4.78, 5) is 0. The fourth-order valence-electron chi connectivity index (χ4n) is 3.58. The first-order valence-electron chi connectivity index (χ1n) is 7.14. The van der Waals surface area contributed by atoms with Gasteiger partial charge in [-0.1, -0.05) is 33.8 Å². The second-order valence-corrected chi connectivity index (χ2v) is 6.88. The number of benzene rings is 1. The summed E-state index contributed by atoms with van der Waals surface area (Å²) in [7, 11) is 3.26. The maximum atomic E-state index is 10.5. The maximum absolute atomic E-state index is 10.5. The van der Waals surface area contributed by atoms with Crippen molar-refractivity contribution in [3.63, 3.8) is 0 Å². The van der Waals surface area contributed by atoms with Gasteiger partial charge in [-0.3, -0.25) is 0 Å². The molecule has 1 aromatic rings. The average Bonchev–Trinajstić information content (AvgIpc) is 2.79. The second kappa shape index (κ2) is 4.96. The van der Waals surface area contributed by atoms with Crippen molar-refractivity contribution in [1.82, 2.24) is 0 Å². The van der Waals surface area contributed by atoms with Crippen LogP contribution in [0.3, 0.4) is 0 Å². The van der Waals surface area contributed by atoms with Crippen molar-refractivity contribution in [1.29, 1.82) is 0 Å². The predicted molar refractivity (Wildman–Crippen MR) is 80.3 cm³/mol. The van der Waals surface area contributed by atoms with E-state index in [1.807, 2.05) is 18.2 Å². The Bertz CT molecular complexity index is 477. The van der Waals surface area contributed by atoms with Gasteiger partial charge >= 0.3 is 0 Å². The summed E-state index contributed by atoms with van der Waals surface area (Å²) in [6.07, 6.45) is 0.329. The molecule has 1 unspecified atom stereocenters. The third-order valence-corrected chi connectivity index (χ3v) is 5.41. The first-order valence-corrected chi connectivity index (χ1v) is 7.14. The minimum atomic E-state index is -0.321. The lowest BCUT2D eigenvalue weighted by molar-refractivity contribution is 0.129. The number of hydrogen-bond acceptors (Lipinski definition) is 3. The zero-order chi connectivity index (χ0) is 15.1. The van der Waals surface area contributed by atoms with E-state index in [4.69, 9.17) is 9.47 Å². The fourth-order valence-corrected chi connectivity index (χ4v) is 3.58. The SMILES string of the molecule is COc1ccc(CC(O)C2C(C)(C)C2(C)C)cc1OC. The summed E-state index contributed by atoms with van der Waals surface area (Å²) in [5.74, 6) is 1.77. The molecule has 0 aliphatic heterocycles. The molecule has 0 radical (unpaired) electrons. The van der Waals surface area contributed by atoms with Crippen LogP contribution in [-0.4, -0.2) is 25.4 Å². The molecule has 1 aromatic carbocycles. The fraction of sp³-hybridized carbons (Fsp3) is 0.647. The Morgan fingerprint density at radius 2 is 1.60 bits per heavy atom. The quantitative estimate of drug-likeness (QED) is 0.898. The second-order valence-electron chi connectivity index (χ2n) is 6.88. The molecule has 0 heterocycles. The average molecular weight is 278 g/mol. The van der Waals surface area contributed by atoms with Gasteiger partial charge in [-0.25, -0.2) is 0 Å². The number of ether oxygens (including phenoxy) is 2. The molecule has 1 aliphatic rings. The molecule has 0 spiro atoms. The van der Waals surface area contributed by atoms with E-state index < -0.39 is 0 Å². The van der Waals surface area contributed by atoms with Crippen LogP contribution >= 0.6 is 0 Å². The Hall–Kier alpha value is -1.22. The molecular weight excluding hydrogens is 252 g/mol. The highest BCUT2D eigenvalue weighted by Gasteiger charge is 2.66. The lowest BCUT2D eigenvalue weighted by Crippen LogP contribution is -2.17. The normalized spacial score (nSPS) is 21.4. The molecule has 20 heavy (non-hydrogen) atoms. The summed E-state index contributed by atoms with van der Waals surface area (Å²) < 4.78 is 10.5. The van der Waals surface area contributed by atoms with Gasteiger partial charge in [-0.05, 0) is 40.9 Å². The Labute approximate surface area is 121 Å². The molecule has 1 fully saturated rings. The van der Waals surface area contributed by atoms with E-state index in [2.05, 4.69) is 27.7 Å². The maximum Gasteiger partial charge on any atom is 0.160 e. The highest BCUT2D eigenvalue weighted by molar-refractivity contribution is 5.43. The predicted octanol–water partition coefficient (Wildman–Crippen LogP) is 3.29. The number of hydrogen-bond donors (Lipinski definition) is 1. The third kappa shape index (κ3) is 2.28. The van der Waals surface area contributed by atoms with E-state index in [0.717, 1.165) is 11.3 Å². The Morgan fingerprint density at radius 3 is 2.05 bits per heavy atom. The van der Waals surface area contributed by atoms with E-state index >= 15 is 0 Å². The van der Waals surface area contributed by atoms with Crippen molar-refractivity contribution < 1.29 is 14.6 Å². The number of aliphatic hydroxyl groups excluding tert-OH is 1. The lowest BCUT2D eigenvalue weighted by atomic mass is 9.99. The van der Waals surface area contributed by atoms with Crippen LogP contribution in [0, 0.1) is 16.7 Å². The molecule has 3 heteroatoms. The van der Waals surface area contributed by atoms with Gasteiger partial charge in [0.05, 0.1) is 20.3 Å². The first-order chi connectivity index (χ1) is 9.25. The largest absolute Gasteiger partial charge is 0.493 e. The molecular formula is C17H26O3. The molecule has 1 saturated carbocycles. The van der Waals surface area contributed by atoms with E-state index in [1.54, 1.807) is 14.2 Å². The molecule has 0 amide bonds. The van der Waals surface area contributed by atoms with E-state index in [0.29, 0.717) is 18.1 Å². The van der Waals surface area contributed by atoms with Crippen LogP contribution in [0.1, 0.15) is 33.3 Å². The Balaban J connectivity index is 2.12. The summed E-state index contributed by atoms with van der Waals surface area (Å²) >= 11 is 0. The van der Waals surface area contributed by atoms with E-state index in [9.17, 15) is 5.11 Å². The molecule has 0 aromatic heterocycles. The summed E-state index contributed by atoms with van der Waals surface area (Å²) in [5, 5.41) is 10.5. The lowest BCUT2D eigenvalue weighted by Gasteiger charge is -2.14. The highest BCUT2D eigenvalue weighted by Crippen LogP contribution is 2.69. The summed E-state index contributed by atoms with van der Waals surface area (Å²) in [5.41, 5.74) is 1.47. The molecule has 0 bridgehead atoms. The van der Waals surface area contributed by atoms with Crippen LogP contribution in [0.15, 0.2) is 18.2 Å². The van der Waals surface area contributed by atoms with Gasteiger partial charge < -0.3 is 14.6 Å². The molecule has 3 nitrogen and oxygen atoms in total. The molecule has 2 rings (SSSR count). The van der Waals surface area contributed by atoms with Crippen molar-refractivity contribution >= 4 is 0 Å². The number of aliphatic hydroxyl groups is 1. The van der Waals surface area contributed by atoms with E-state index in [1.165, 1.54) is 0 Å². The van der Waals surface area contributed by atoms with Crippen LogP contribution in [0.5, 0.6) is 11.5 Å². The van der Waals surface area contributed by atoms with Gasteiger partial charge in [0.1, 0.15) is 0 Å². The van der Waals surface area contributed by atoms with Crippen LogP contribution in [0.25, 0.3) is 0 Å².